The minimum atomic E-state index is -1.03. The molecule has 2 aliphatic rings. The molecule has 2 fully saturated rings. The number of methoxy groups -OCH3 is 1. The fourth-order valence-electron chi connectivity index (χ4n) is 3.59. The number of carbonyl (C=O) groups excluding carboxylic acids is 2. The average Bonchev–Trinajstić information content (AvgIpc) is 3.22. The molecule has 1 aliphatic carbocycles. The number of carbonyl (C=O) groups is 2. The minimum absolute atomic E-state index is 0.0435. The highest BCUT2D eigenvalue weighted by molar-refractivity contribution is 5.98. The summed E-state index contributed by atoms with van der Waals surface area (Å²) in [5, 5.41) is 12.6. The smallest absolute Gasteiger partial charge is 0.331 e. The molecule has 3 rings (SSSR count). The van der Waals surface area contributed by atoms with Gasteiger partial charge in [-0.1, -0.05) is 12.8 Å². The fourth-order valence-corrected chi connectivity index (χ4v) is 3.59. The van der Waals surface area contributed by atoms with Crippen molar-refractivity contribution in [1.29, 1.82) is 0 Å². The standard InChI is InChI=1S/C20H28N2O7/c1-12-15(29-13-5-3-4-6-13)8-10-27-11-14(20(25)28-12)22-19(24)17-18(23)16(26-2)7-9-21-17/h7,9,12-15,23H,3-6,8,10-11H2,1-2H3,(H,22,24)/t12-,14-,15+/m0/s1. The first-order valence-corrected chi connectivity index (χ1v) is 9.96. The Hall–Kier alpha value is -2.39. The molecule has 2 heterocycles. The topological polar surface area (TPSA) is 116 Å². The number of cyclic esters (lactones) is 1. The van der Waals surface area contributed by atoms with E-state index >= 15 is 0 Å². The molecule has 3 atom stereocenters. The van der Waals surface area contributed by atoms with Gasteiger partial charge in [0.1, 0.15) is 6.10 Å². The molecule has 1 aliphatic heterocycles. The largest absolute Gasteiger partial charge is 0.503 e. The number of nitrogens with one attached hydrogen (secondary N) is 1. The number of hydrogen-bond donors (Lipinski definition) is 2. The number of nitrogens with zero attached hydrogens (tertiary/aromatic N) is 1. The van der Waals surface area contributed by atoms with E-state index in [2.05, 4.69) is 10.3 Å². The van der Waals surface area contributed by atoms with E-state index in [-0.39, 0.29) is 30.3 Å². The van der Waals surface area contributed by atoms with Gasteiger partial charge in [-0.2, -0.15) is 0 Å². The van der Waals surface area contributed by atoms with E-state index in [4.69, 9.17) is 18.9 Å². The first kappa shape index (κ1) is 21.3. The number of rotatable bonds is 5. The number of aromatic hydroxyl groups is 1. The van der Waals surface area contributed by atoms with Crippen molar-refractivity contribution in [3.05, 3.63) is 18.0 Å². The van der Waals surface area contributed by atoms with E-state index in [0.29, 0.717) is 13.0 Å². The molecule has 9 nitrogen and oxygen atoms in total. The summed E-state index contributed by atoms with van der Waals surface area (Å²) in [6, 6.07) is 0.401. The first-order valence-electron chi connectivity index (χ1n) is 9.96. The minimum Gasteiger partial charge on any atom is -0.503 e. The molecule has 1 saturated heterocycles. The van der Waals surface area contributed by atoms with Crippen LogP contribution in [0.1, 0.15) is 49.5 Å². The fraction of sp³-hybridized carbons (Fsp3) is 0.650. The molecule has 0 radical (unpaired) electrons. The molecular weight excluding hydrogens is 380 g/mol. The van der Waals surface area contributed by atoms with Crippen LogP contribution < -0.4 is 10.1 Å². The summed E-state index contributed by atoms with van der Waals surface area (Å²) in [4.78, 5) is 29.0. The van der Waals surface area contributed by atoms with Crippen molar-refractivity contribution in [2.45, 2.75) is 63.4 Å². The summed E-state index contributed by atoms with van der Waals surface area (Å²) >= 11 is 0. The molecule has 29 heavy (non-hydrogen) atoms. The van der Waals surface area contributed by atoms with Crippen LogP contribution in [0.25, 0.3) is 0 Å². The third kappa shape index (κ3) is 5.36. The molecule has 0 spiro atoms. The van der Waals surface area contributed by atoms with Gasteiger partial charge < -0.3 is 29.4 Å². The molecule has 1 saturated carbocycles. The summed E-state index contributed by atoms with van der Waals surface area (Å²) in [7, 11) is 1.37. The number of hydrogen-bond acceptors (Lipinski definition) is 8. The zero-order valence-corrected chi connectivity index (χ0v) is 16.8. The van der Waals surface area contributed by atoms with Gasteiger partial charge in [-0.25, -0.2) is 9.78 Å². The van der Waals surface area contributed by atoms with Crippen LogP contribution in [-0.2, 0) is 19.0 Å². The maximum atomic E-state index is 12.6. The van der Waals surface area contributed by atoms with Crippen molar-refractivity contribution in [2.75, 3.05) is 20.3 Å². The predicted octanol–water partition coefficient (Wildman–Crippen LogP) is 1.57. The van der Waals surface area contributed by atoms with Gasteiger partial charge in [-0.3, -0.25) is 4.79 Å². The lowest BCUT2D eigenvalue weighted by atomic mass is 10.1. The second kappa shape index (κ2) is 9.89. The predicted molar refractivity (Wildman–Crippen MR) is 102 cm³/mol. The molecule has 0 unspecified atom stereocenters. The maximum Gasteiger partial charge on any atom is 0.331 e. The lowest BCUT2D eigenvalue weighted by molar-refractivity contribution is -0.160. The highest BCUT2D eigenvalue weighted by Gasteiger charge is 2.32. The number of esters is 1. The highest BCUT2D eigenvalue weighted by Crippen LogP contribution is 2.28. The van der Waals surface area contributed by atoms with Gasteiger partial charge >= 0.3 is 5.97 Å². The molecule has 1 amide bonds. The van der Waals surface area contributed by atoms with Crippen LogP contribution in [0, 0.1) is 0 Å². The van der Waals surface area contributed by atoms with Gasteiger partial charge in [-0.15, -0.1) is 0 Å². The third-order valence-electron chi connectivity index (χ3n) is 5.24. The van der Waals surface area contributed by atoms with Crippen LogP contribution in [-0.4, -0.2) is 66.6 Å². The second-order valence-electron chi connectivity index (χ2n) is 7.32. The quantitative estimate of drug-likeness (QED) is 0.706. The van der Waals surface area contributed by atoms with E-state index in [1.165, 1.54) is 19.4 Å². The van der Waals surface area contributed by atoms with Gasteiger partial charge in [0.25, 0.3) is 5.91 Å². The summed E-state index contributed by atoms with van der Waals surface area (Å²) in [5.74, 6) is -1.63. The summed E-state index contributed by atoms with van der Waals surface area (Å²) in [6.45, 7) is 2.13. The zero-order chi connectivity index (χ0) is 20.8. The van der Waals surface area contributed by atoms with Crippen molar-refractivity contribution < 1.29 is 33.6 Å². The Balaban J connectivity index is 1.64. The van der Waals surface area contributed by atoms with E-state index < -0.39 is 29.8 Å². The van der Waals surface area contributed by atoms with Crippen LogP contribution >= 0.6 is 0 Å². The Morgan fingerprint density at radius 1 is 1.31 bits per heavy atom. The lowest BCUT2D eigenvalue weighted by Gasteiger charge is -2.27. The van der Waals surface area contributed by atoms with Crippen LogP contribution in [0.3, 0.4) is 0 Å². The van der Waals surface area contributed by atoms with E-state index in [9.17, 15) is 14.7 Å². The van der Waals surface area contributed by atoms with Gasteiger partial charge in [0, 0.05) is 25.3 Å². The molecule has 2 N–H and O–H groups in total. The van der Waals surface area contributed by atoms with Gasteiger partial charge in [-0.05, 0) is 19.8 Å². The summed E-state index contributed by atoms with van der Waals surface area (Å²) < 4.78 is 22.3. The molecule has 160 valence electrons. The Morgan fingerprint density at radius 3 is 2.79 bits per heavy atom. The van der Waals surface area contributed by atoms with Gasteiger partial charge in [0.05, 0.1) is 25.9 Å². The van der Waals surface area contributed by atoms with E-state index in [1.807, 2.05) is 0 Å². The molecule has 9 heteroatoms. The maximum absolute atomic E-state index is 12.6. The van der Waals surface area contributed by atoms with Crippen LogP contribution in [0.15, 0.2) is 12.3 Å². The summed E-state index contributed by atoms with van der Waals surface area (Å²) in [5.41, 5.74) is -0.243. The monoisotopic (exact) mass is 408 g/mol. The highest BCUT2D eigenvalue weighted by atomic mass is 16.6. The molecule has 0 aromatic carbocycles. The lowest BCUT2D eigenvalue weighted by Crippen LogP contribution is -2.46. The van der Waals surface area contributed by atoms with E-state index in [0.717, 1.165) is 25.7 Å². The van der Waals surface area contributed by atoms with Gasteiger partial charge in [0.15, 0.2) is 23.2 Å². The molecule has 1 aromatic heterocycles. The van der Waals surface area contributed by atoms with Crippen molar-refractivity contribution in [3.8, 4) is 11.5 Å². The van der Waals surface area contributed by atoms with Crippen molar-refractivity contribution in [3.63, 3.8) is 0 Å². The van der Waals surface area contributed by atoms with E-state index in [1.54, 1.807) is 6.92 Å². The van der Waals surface area contributed by atoms with Crippen molar-refractivity contribution >= 4 is 11.9 Å². The Morgan fingerprint density at radius 2 is 2.07 bits per heavy atom. The zero-order valence-electron chi connectivity index (χ0n) is 16.8. The number of pyridine rings is 1. The van der Waals surface area contributed by atoms with Crippen molar-refractivity contribution in [2.24, 2.45) is 0 Å². The SMILES string of the molecule is COc1ccnc(C(=O)N[C@H]2COCC[C@@H](OC3CCCC3)[C@H](C)OC2=O)c1O. The van der Waals surface area contributed by atoms with Crippen LogP contribution in [0.4, 0.5) is 0 Å². The van der Waals surface area contributed by atoms with Gasteiger partial charge in [0.2, 0.25) is 0 Å². The third-order valence-corrected chi connectivity index (χ3v) is 5.24. The number of amides is 1. The van der Waals surface area contributed by atoms with Crippen LogP contribution in [0.5, 0.6) is 11.5 Å². The Bertz CT molecular complexity index is 721. The first-order chi connectivity index (χ1) is 14.0. The second-order valence-corrected chi connectivity index (χ2v) is 7.32. The number of ether oxygens (including phenoxy) is 4. The Labute approximate surface area is 169 Å². The molecule has 0 bridgehead atoms. The van der Waals surface area contributed by atoms with Crippen molar-refractivity contribution in [1.82, 2.24) is 10.3 Å². The molecule has 1 aromatic rings. The Kier molecular flexibility index (Phi) is 7.27. The molecular formula is C20H28N2O7. The normalized spacial score (nSPS) is 26.1. The summed E-state index contributed by atoms with van der Waals surface area (Å²) in [6.07, 6.45) is 5.76. The van der Waals surface area contributed by atoms with Crippen LogP contribution in [0.2, 0.25) is 0 Å². The average molecular weight is 408 g/mol. The number of aromatic nitrogens is 1.